The molecule has 0 fully saturated rings. The van der Waals surface area contributed by atoms with Crippen LogP contribution in [0.3, 0.4) is 0 Å². The molecule has 3 heteroatoms. The number of nitrogens with zero attached hydrogens (tertiary/aromatic N) is 3. The highest BCUT2D eigenvalue weighted by Crippen LogP contribution is 2.10. The fourth-order valence-electron chi connectivity index (χ4n) is 1.29. The average molecular weight is 161 g/mol. The summed E-state index contributed by atoms with van der Waals surface area (Å²) in [6.45, 7) is 4.17. The number of hydrogen-bond donors (Lipinski definition) is 0. The molecule has 0 radical (unpaired) electrons. The summed E-state index contributed by atoms with van der Waals surface area (Å²) in [5.74, 6) is 0. The molecule has 2 aromatic heterocycles. The SMILES string of the molecule is CCc1cnn2ncc(C)cc12. The predicted molar refractivity (Wildman–Crippen MR) is 47.1 cm³/mol. The summed E-state index contributed by atoms with van der Waals surface area (Å²) >= 11 is 0. The zero-order valence-electron chi connectivity index (χ0n) is 7.28. The van der Waals surface area contributed by atoms with Crippen molar-refractivity contribution in [3.63, 3.8) is 0 Å². The standard InChI is InChI=1S/C9H11N3/c1-3-8-6-11-12-9(8)4-7(2)5-10-12/h4-6H,3H2,1-2H3. The fraction of sp³-hybridized carbons (Fsp3) is 0.333. The summed E-state index contributed by atoms with van der Waals surface area (Å²) in [6, 6.07) is 2.11. The molecule has 2 rings (SSSR count). The van der Waals surface area contributed by atoms with Crippen LogP contribution in [0.25, 0.3) is 5.52 Å². The minimum absolute atomic E-state index is 1.01. The minimum atomic E-state index is 1.01. The largest absolute Gasteiger partial charge is 0.158 e. The summed E-state index contributed by atoms with van der Waals surface area (Å²) < 4.78 is 1.67. The number of fused-ring (bicyclic) bond motifs is 1. The highest BCUT2D eigenvalue weighted by molar-refractivity contribution is 5.53. The van der Waals surface area contributed by atoms with Gasteiger partial charge >= 0.3 is 0 Å². The van der Waals surface area contributed by atoms with Gasteiger partial charge in [0.05, 0.1) is 17.9 Å². The van der Waals surface area contributed by atoms with Crippen molar-refractivity contribution in [3.05, 3.63) is 29.6 Å². The second kappa shape index (κ2) is 2.59. The van der Waals surface area contributed by atoms with Crippen molar-refractivity contribution in [2.45, 2.75) is 20.3 Å². The van der Waals surface area contributed by atoms with E-state index in [1.165, 1.54) is 11.1 Å². The maximum atomic E-state index is 4.15. The molecule has 0 saturated heterocycles. The summed E-state index contributed by atoms with van der Waals surface area (Å²) in [6.07, 6.45) is 4.70. The monoisotopic (exact) mass is 161 g/mol. The van der Waals surface area contributed by atoms with E-state index >= 15 is 0 Å². The Balaban J connectivity index is 2.75. The second-order valence-corrected chi connectivity index (χ2v) is 2.93. The van der Waals surface area contributed by atoms with Gasteiger partial charge in [-0.3, -0.25) is 0 Å². The van der Waals surface area contributed by atoms with Crippen LogP contribution in [0.15, 0.2) is 18.5 Å². The van der Waals surface area contributed by atoms with Gasteiger partial charge in [-0.2, -0.15) is 14.8 Å². The molecule has 2 heterocycles. The molecule has 62 valence electrons. The smallest absolute Gasteiger partial charge is 0.0907 e. The van der Waals surface area contributed by atoms with Crippen molar-refractivity contribution in [2.24, 2.45) is 0 Å². The van der Waals surface area contributed by atoms with E-state index in [-0.39, 0.29) is 0 Å². The lowest BCUT2D eigenvalue weighted by Gasteiger charge is -1.95. The van der Waals surface area contributed by atoms with E-state index in [0.717, 1.165) is 11.9 Å². The van der Waals surface area contributed by atoms with Crippen LogP contribution in [0.4, 0.5) is 0 Å². The van der Waals surface area contributed by atoms with Crippen LogP contribution in [-0.4, -0.2) is 14.8 Å². The van der Waals surface area contributed by atoms with E-state index < -0.39 is 0 Å². The summed E-state index contributed by atoms with van der Waals surface area (Å²) in [7, 11) is 0. The lowest BCUT2D eigenvalue weighted by atomic mass is 10.2. The normalized spacial score (nSPS) is 10.8. The van der Waals surface area contributed by atoms with Crippen molar-refractivity contribution < 1.29 is 0 Å². The van der Waals surface area contributed by atoms with E-state index in [9.17, 15) is 0 Å². The molecule has 3 nitrogen and oxygen atoms in total. The van der Waals surface area contributed by atoms with E-state index in [1.807, 2.05) is 19.3 Å². The molecule has 12 heavy (non-hydrogen) atoms. The van der Waals surface area contributed by atoms with E-state index in [2.05, 4.69) is 23.2 Å². The molecule has 0 saturated carbocycles. The highest BCUT2D eigenvalue weighted by atomic mass is 15.4. The minimum Gasteiger partial charge on any atom is -0.158 e. The lowest BCUT2D eigenvalue weighted by molar-refractivity contribution is 0.795. The van der Waals surface area contributed by atoms with Crippen LogP contribution in [0.2, 0.25) is 0 Å². The van der Waals surface area contributed by atoms with Crippen molar-refractivity contribution >= 4 is 5.52 Å². The maximum Gasteiger partial charge on any atom is 0.0907 e. The van der Waals surface area contributed by atoms with Gasteiger partial charge in [0, 0.05) is 0 Å². The molecule has 2 aromatic rings. The molecule has 0 amide bonds. The predicted octanol–water partition coefficient (Wildman–Crippen LogP) is 1.60. The molecule has 0 aliphatic heterocycles. The Morgan fingerprint density at radius 2 is 2.08 bits per heavy atom. The van der Waals surface area contributed by atoms with Crippen LogP contribution in [-0.2, 0) is 6.42 Å². The first-order chi connectivity index (χ1) is 5.81. The van der Waals surface area contributed by atoms with Crippen molar-refractivity contribution in [1.29, 1.82) is 0 Å². The van der Waals surface area contributed by atoms with Crippen LogP contribution < -0.4 is 0 Å². The molecule has 0 bridgehead atoms. The average Bonchev–Trinajstić information content (AvgIpc) is 2.46. The molecular weight excluding hydrogens is 150 g/mol. The molecular formula is C9H11N3. The first-order valence-electron chi connectivity index (χ1n) is 4.11. The molecule has 0 N–H and O–H groups in total. The van der Waals surface area contributed by atoms with Crippen molar-refractivity contribution in [3.8, 4) is 0 Å². The molecule has 0 aromatic carbocycles. The van der Waals surface area contributed by atoms with Gasteiger partial charge in [-0.1, -0.05) is 6.92 Å². The number of rotatable bonds is 1. The maximum absolute atomic E-state index is 4.15. The number of hydrogen-bond acceptors (Lipinski definition) is 2. The van der Waals surface area contributed by atoms with Crippen LogP contribution >= 0.6 is 0 Å². The Hall–Kier alpha value is -1.38. The van der Waals surface area contributed by atoms with E-state index in [1.54, 1.807) is 4.63 Å². The van der Waals surface area contributed by atoms with Gasteiger partial charge in [-0.15, -0.1) is 0 Å². The van der Waals surface area contributed by atoms with E-state index in [0.29, 0.717) is 0 Å². The van der Waals surface area contributed by atoms with E-state index in [4.69, 9.17) is 0 Å². The summed E-state index contributed by atoms with van der Waals surface area (Å²) in [4.78, 5) is 0. The van der Waals surface area contributed by atoms with Crippen molar-refractivity contribution in [1.82, 2.24) is 14.8 Å². The highest BCUT2D eigenvalue weighted by Gasteiger charge is 2.01. The summed E-state index contributed by atoms with van der Waals surface area (Å²) in [5, 5.41) is 8.29. The zero-order chi connectivity index (χ0) is 8.55. The zero-order valence-corrected chi connectivity index (χ0v) is 7.28. The van der Waals surface area contributed by atoms with Crippen molar-refractivity contribution in [2.75, 3.05) is 0 Å². The third-order valence-corrected chi connectivity index (χ3v) is 1.98. The Morgan fingerprint density at radius 1 is 1.33 bits per heavy atom. The van der Waals surface area contributed by atoms with Crippen LogP contribution in [0, 0.1) is 6.92 Å². The fourth-order valence-corrected chi connectivity index (χ4v) is 1.29. The Labute approximate surface area is 71.0 Å². The first kappa shape index (κ1) is 7.28. The van der Waals surface area contributed by atoms with Gasteiger partial charge in [-0.05, 0) is 30.5 Å². The lowest BCUT2D eigenvalue weighted by Crippen LogP contribution is -1.93. The number of aryl methyl sites for hydroxylation is 2. The third kappa shape index (κ3) is 0.978. The molecule has 0 spiro atoms. The Kier molecular flexibility index (Phi) is 1.57. The second-order valence-electron chi connectivity index (χ2n) is 2.93. The molecule has 0 unspecified atom stereocenters. The first-order valence-corrected chi connectivity index (χ1v) is 4.11. The Morgan fingerprint density at radius 3 is 2.83 bits per heavy atom. The summed E-state index contributed by atoms with van der Waals surface area (Å²) in [5.41, 5.74) is 3.56. The van der Waals surface area contributed by atoms with Gasteiger partial charge in [0.2, 0.25) is 0 Å². The molecule has 0 aliphatic rings. The van der Waals surface area contributed by atoms with Gasteiger partial charge < -0.3 is 0 Å². The topological polar surface area (TPSA) is 30.2 Å². The van der Waals surface area contributed by atoms with Crippen LogP contribution in [0.5, 0.6) is 0 Å². The van der Waals surface area contributed by atoms with Gasteiger partial charge in [-0.25, -0.2) is 0 Å². The van der Waals surface area contributed by atoms with Gasteiger partial charge in [0.1, 0.15) is 0 Å². The number of aromatic nitrogens is 3. The van der Waals surface area contributed by atoms with Crippen LogP contribution in [0.1, 0.15) is 18.1 Å². The van der Waals surface area contributed by atoms with Gasteiger partial charge in [0.25, 0.3) is 0 Å². The van der Waals surface area contributed by atoms with Gasteiger partial charge in [0.15, 0.2) is 0 Å². The molecule has 0 aliphatic carbocycles. The molecule has 0 atom stereocenters. The Bertz CT molecular complexity index is 403. The third-order valence-electron chi connectivity index (χ3n) is 1.98. The quantitative estimate of drug-likeness (QED) is 0.636.